The molecule has 10 heteroatoms. The largest absolute Gasteiger partial charge is 0.401 e. The average molecular weight is 495 g/mol. The highest BCUT2D eigenvalue weighted by atomic mass is 19.4. The first-order valence-corrected chi connectivity index (χ1v) is 11.9. The van der Waals surface area contributed by atoms with E-state index in [-0.39, 0.29) is 37.1 Å². The second-order valence-corrected chi connectivity index (χ2v) is 9.54. The van der Waals surface area contributed by atoms with Crippen molar-refractivity contribution in [1.29, 1.82) is 0 Å². The molecule has 3 N–H and O–H groups in total. The van der Waals surface area contributed by atoms with Crippen LogP contribution in [-0.4, -0.2) is 52.7 Å². The molecule has 3 aromatic rings. The maximum atomic E-state index is 13.2. The van der Waals surface area contributed by atoms with E-state index >= 15 is 0 Å². The first-order valence-electron chi connectivity index (χ1n) is 11.9. The summed E-state index contributed by atoms with van der Waals surface area (Å²) >= 11 is 0. The number of rotatable bonds is 4. The lowest BCUT2D eigenvalue weighted by molar-refractivity contribution is -0.143. The summed E-state index contributed by atoms with van der Waals surface area (Å²) in [5.74, 6) is -0.221. The lowest BCUT2D eigenvalue weighted by Gasteiger charge is -2.37. The Kier molecular flexibility index (Phi) is 5.57. The summed E-state index contributed by atoms with van der Waals surface area (Å²) in [5.41, 5.74) is 11.9. The van der Waals surface area contributed by atoms with Crippen LogP contribution in [0.3, 0.4) is 0 Å². The number of alkyl halides is 3. The minimum atomic E-state index is -4.30. The number of hydrogen-bond donors (Lipinski definition) is 3. The maximum absolute atomic E-state index is 13.2. The molecule has 1 aromatic heterocycles. The number of nitrogens with zero attached hydrogens (tertiary/aromatic N) is 3. The van der Waals surface area contributed by atoms with Crippen LogP contribution in [0.15, 0.2) is 67.0 Å². The Hall–Kier alpha value is -3.63. The molecule has 2 aromatic carbocycles. The van der Waals surface area contributed by atoms with E-state index in [0.717, 1.165) is 27.9 Å². The minimum Gasteiger partial charge on any atom is -0.320 e. The van der Waals surface area contributed by atoms with Crippen LogP contribution in [0.2, 0.25) is 0 Å². The molecule has 186 valence electrons. The summed E-state index contributed by atoms with van der Waals surface area (Å²) in [4.78, 5) is 20.5. The number of benzene rings is 2. The van der Waals surface area contributed by atoms with Gasteiger partial charge in [-0.3, -0.25) is 9.88 Å². The van der Waals surface area contributed by atoms with Gasteiger partial charge in [0.05, 0.1) is 24.3 Å². The number of hydrazine groups is 1. The molecule has 0 bridgehead atoms. The first kappa shape index (κ1) is 22.8. The molecule has 6 rings (SSSR count). The maximum Gasteiger partial charge on any atom is 0.401 e. The van der Waals surface area contributed by atoms with E-state index in [1.54, 1.807) is 17.3 Å². The van der Waals surface area contributed by atoms with Crippen LogP contribution >= 0.6 is 0 Å². The van der Waals surface area contributed by atoms with E-state index in [1.165, 1.54) is 4.90 Å². The summed E-state index contributed by atoms with van der Waals surface area (Å²) in [6.45, 7) is -0.265. The number of anilines is 2. The van der Waals surface area contributed by atoms with Crippen molar-refractivity contribution in [2.45, 2.75) is 30.7 Å². The van der Waals surface area contributed by atoms with Crippen molar-refractivity contribution in [3.63, 3.8) is 0 Å². The van der Waals surface area contributed by atoms with Gasteiger partial charge in [0.1, 0.15) is 0 Å². The van der Waals surface area contributed by atoms with Crippen LogP contribution in [0.4, 0.5) is 29.3 Å². The molecular formula is C26H25F3N6O. The number of aromatic nitrogens is 1. The molecule has 1 saturated heterocycles. The van der Waals surface area contributed by atoms with Gasteiger partial charge in [-0.15, -0.1) is 0 Å². The Morgan fingerprint density at radius 2 is 1.81 bits per heavy atom. The van der Waals surface area contributed by atoms with Gasteiger partial charge in [-0.05, 0) is 34.9 Å². The van der Waals surface area contributed by atoms with Crippen LogP contribution in [0.25, 0.3) is 0 Å². The highest BCUT2D eigenvalue weighted by Crippen LogP contribution is 2.40. The van der Waals surface area contributed by atoms with Gasteiger partial charge in [0.15, 0.2) is 0 Å². The molecule has 2 amide bonds. The van der Waals surface area contributed by atoms with Gasteiger partial charge in [0.2, 0.25) is 0 Å². The van der Waals surface area contributed by atoms with E-state index in [2.05, 4.69) is 27.2 Å². The van der Waals surface area contributed by atoms with Crippen LogP contribution in [0.1, 0.15) is 34.2 Å². The molecular weight excluding hydrogens is 469 g/mol. The third kappa shape index (κ3) is 4.27. The molecule has 3 aliphatic rings. The first-order chi connectivity index (χ1) is 17.4. The van der Waals surface area contributed by atoms with Crippen molar-refractivity contribution in [3.8, 4) is 0 Å². The Labute approximate surface area is 206 Å². The Balaban J connectivity index is 1.31. The van der Waals surface area contributed by atoms with Gasteiger partial charge in [-0.1, -0.05) is 36.4 Å². The minimum absolute atomic E-state index is 0.101. The second kappa shape index (κ2) is 8.79. The number of halogens is 3. The Bertz CT molecular complexity index is 1270. The summed E-state index contributed by atoms with van der Waals surface area (Å²) in [5, 5.41) is 2.97. The topological polar surface area (TPSA) is 72.5 Å². The summed E-state index contributed by atoms with van der Waals surface area (Å²) < 4.78 is 39.7. The smallest absolute Gasteiger partial charge is 0.320 e. The van der Waals surface area contributed by atoms with Gasteiger partial charge in [-0.25, -0.2) is 10.2 Å². The van der Waals surface area contributed by atoms with Crippen molar-refractivity contribution in [2.75, 3.05) is 30.4 Å². The number of hydrogen-bond acceptors (Lipinski definition) is 5. The Morgan fingerprint density at radius 1 is 1.00 bits per heavy atom. The molecule has 0 saturated carbocycles. The number of likely N-dealkylation sites (tertiary alicyclic amines) is 1. The number of amides is 2. The van der Waals surface area contributed by atoms with E-state index < -0.39 is 12.7 Å². The SMILES string of the molecule is O=C1Nc2cc3c(cc2CN1[C@@H]1CN(CC(F)(F)F)C[C@H]1c1ccccc1)C(c1cccnc1)NN3. The van der Waals surface area contributed by atoms with E-state index in [1.807, 2.05) is 48.5 Å². The number of carbonyl (C=O) groups excluding carboxylic acids is 1. The summed E-state index contributed by atoms with van der Waals surface area (Å²) in [6.07, 6.45) is -0.769. The fraction of sp³-hybridized carbons (Fsp3) is 0.308. The highest BCUT2D eigenvalue weighted by molar-refractivity contribution is 5.94. The fourth-order valence-electron chi connectivity index (χ4n) is 5.60. The zero-order valence-corrected chi connectivity index (χ0v) is 19.3. The van der Waals surface area contributed by atoms with Crippen molar-refractivity contribution in [2.24, 2.45) is 0 Å². The molecule has 36 heavy (non-hydrogen) atoms. The fourth-order valence-corrected chi connectivity index (χ4v) is 5.60. The Morgan fingerprint density at radius 3 is 2.56 bits per heavy atom. The van der Waals surface area contributed by atoms with Gasteiger partial charge in [0.25, 0.3) is 0 Å². The van der Waals surface area contributed by atoms with E-state index in [9.17, 15) is 18.0 Å². The number of pyridine rings is 1. The predicted molar refractivity (Wildman–Crippen MR) is 129 cm³/mol. The molecule has 0 spiro atoms. The van der Waals surface area contributed by atoms with Crippen molar-refractivity contribution < 1.29 is 18.0 Å². The second-order valence-electron chi connectivity index (χ2n) is 9.54. The average Bonchev–Trinajstić information content (AvgIpc) is 3.46. The zero-order chi connectivity index (χ0) is 24.9. The number of nitrogens with one attached hydrogen (secondary N) is 3. The molecule has 3 atom stereocenters. The zero-order valence-electron chi connectivity index (χ0n) is 19.3. The molecule has 1 unspecified atom stereocenters. The molecule has 0 radical (unpaired) electrons. The predicted octanol–water partition coefficient (Wildman–Crippen LogP) is 4.48. The van der Waals surface area contributed by atoms with E-state index in [4.69, 9.17) is 0 Å². The van der Waals surface area contributed by atoms with Crippen molar-refractivity contribution in [3.05, 3.63) is 89.2 Å². The van der Waals surface area contributed by atoms with Gasteiger partial charge >= 0.3 is 12.2 Å². The van der Waals surface area contributed by atoms with Crippen molar-refractivity contribution >= 4 is 17.4 Å². The van der Waals surface area contributed by atoms with E-state index in [0.29, 0.717) is 12.2 Å². The third-order valence-electron chi connectivity index (χ3n) is 7.19. The van der Waals surface area contributed by atoms with Crippen LogP contribution in [0.5, 0.6) is 0 Å². The van der Waals surface area contributed by atoms with Crippen LogP contribution < -0.4 is 16.2 Å². The number of urea groups is 1. The lowest BCUT2D eigenvalue weighted by Crippen LogP contribution is -2.48. The molecule has 3 aliphatic heterocycles. The summed E-state index contributed by atoms with van der Waals surface area (Å²) in [6, 6.07) is 16.5. The number of carbonyl (C=O) groups is 1. The van der Waals surface area contributed by atoms with Gasteiger partial charge in [-0.2, -0.15) is 13.2 Å². The normalized spacial score (nSPS) is 23.7. The molecule has 4 heterocycles. The van der Waals surface area contributed by atoms with Crippen LogP contribution in [-0.2, 0) is 6.54 Å². The standard InChI is InChI=1S/C26H25F3N6O/c27-26(28,29)15-34-13-20(16-5-2-1-3-6-16)23(14-34)35-12-18-9-19-22(10-21(18)31-25(35)36)32-33-24(19)17-7-4-8-30-11-17/h1-11,20,23-24,32-33H,12-15H2,(H,31,36)/t20-,23+,24?/m0/s1. The summed E-state index contributed by atoms with van der Waals surface area (Å²) in [7, 11) is 0. The molecule has 7 nitrogen and oxygen atoms in total. The third-order valence-corrected chi connectivity index (χ3v) is 7.19. The number of fused-ring (bicyclic) bond motifs is 2. The lowest BCUT2D eigenvalue weighted by atomic mass is 9.92. The van der Waals surface area contributed by atoms with Gasteiger partial charge < -0.3 is 15.6 Å². The molecule has 0 aliphatic carbocycles. The van der Waals surface area contributed by atoms with Gasteiger partial charge in [0, 0.05) is 49.2 Å². The monoisotopic (exact) mass is 494 g/mol. The molecule has 1 fully saturated rings. The quantitative estimate of drug-likeness (QED) is 0.499. The van der Waals surface area contributed by atoms with Crippen molar-refractivity contribution in [1.82, 2.24) is 20.2 Å². The van der Waals surface area contributed by atoms with Crippen LogP contribution in [0, 0.1) is 0 Å². The highest BCUT2D eigenvalue weighted by Gasteiger charge is 2.44.